The van der Waals surface area contributed by atoms with Gasteiger partial charge in [0.15, 0.2) is 0 Å². The summed E-state index contributed by atoms with van der Waals surface area (Å²) in [5.74, 6) is 0. The van der Waals surface area contributed by atoms with Crippen molar-refractivity contribution < 1.29 is 5.11 Å². The van der Waals surface area contributed by atoms with E-state index >= 15 is 0 Å². The summed E-state index contributed by atoms with van der Waals surface area (Å²) in [4.78, 5) is 0. The average molecular weight is 292 g/mol. The van der Waals surface area contributed by atoms with Crippen molar-refractivity contribution in [1.29, 1.82) is 5.26 Å². The Labute approximate surface area is 121 Å². The van der Waals surface area contributed by atoms with Crippen LogP contribution in [0.4, 0.5) is 0 Å². The van der Waals surface area contributed by atoms with Gasteiger partial charge in [-0.2, -0.15) is 5.26 Å². The van der Waals surface area contributed by atoms with E-state index in [1.165, 1.54) is 0 Å². The Balaban J connectivity index is 2.50. The Morgan fingerprint density at radius 3 is 2.53 bits per heavy atom. The van der Waals surface area contributed by atoms with Crippen molar-refractivity contribution in [2.24, 2.45) is 0 Å². The quantitative estimate of drug-likeness (QED) is 0.899. The Kier molecular flexibility index (Phi) is 4.11. The van der Waals surface area contributed by atoms with Crippen LogP contribution in [-0.4, -0.2) is 5.11 Å². The molecule has 0 heterocycles. The van der Waals surface area contributed by atoms with Gasteiger partial charge in [0.05, 0.1) is 11.6 Å². The first kappa shape index (κ1) is 13.9. The van der Waals surface area contributed by atoms with E-state index in [2.05, 4.69) is 0 Å². The van der Waals surface area contributed by atoms with Gasteiger partial charge in [-0.1, -0.05) is 29.3 Å². The second kappa shape index (κ2) is 5.63. The summed E-state index contributed by atoms with van der Waals surface area (Å²) in [5, 5.41) is 20.3. The molecular formula is C15H11Cl2NO. The first-order valence-electron chi connectivity index (χ1n) is 5.66. The molecule has 0 saturated carbocycles. The number of aryl methyl sites for hydroxylation is 1. The Morgan fingerprint density at radius 1 is 1.11 bits per heavy atom. The van der Waals surface area contributed by atoms with Crippen LogP contribution in [0.25, 0.3) is 0 Å². The lowest BCUT2D eigenvalue weighted by Gasteiger charge is -2.15. The van der Waals surface area contributed by atoms with Crippen molar-refractivity contribution >= 4 is 23.2 Å². The monoisotopic (exact) mass is 291 g/mol. The summed E-state index contributed by atoms with van der Waals surface area (Å²) in [5.41, 5.74) is 2.63. The normalized spacial score (nSPS) is 11.9. The highest BCUT2D eigenvalue weighted by molar-refractivity contribution is 6.31. The lowest BCUT2D eigenvalue weighted by Crippen LogP contribution is -2.02. The van der Waals surface area contributed by atoms with Gasteiger partial charge >= 0.3 is 0 Å². The van der Waals surface area contributed by atoms with Crippen LogP contribution in [0.1, 0.15) is 28.4 Å². The van der Waals surface area contributed by atoms with Gasteiger partial charge in [-0.15, -0.1) is 0 Å². The average Bonchev–Trinajstić information content (AvgIpc) is 2.40. The molecule has 0 saturated heterocycles. The molecule has 2 aromatic carbocycles. The minimum atomic E-state index is -0.857. The standard InChI is InChI=1S/C15H11Cl2NO/c1-9-2-3-12(16)7-14(9)15(19)11-4-10(8-18)5-13(17)6-11/h2-7,15,19H,1H3. The smallest absolute Gasteiger partial charge is 0.104 e. The number of nitrogens with zero attached hydrogens (tertiary/aromatic N) is 1. The highest BCUT2D eigenvalue weighted by Crippen LogP contribution is 2.29. The summed E-state index contributed by atoms with van der Waals surface area (Å²) in [6, 6.07) is 12.2. The Morgan fingerprint density at radius 2 is 1.84 bits per heavy atom. The van der Waals surface area contributed by atoms with E-state index in [9.17, 15) is 5.11 Å². The molecule has 96 valence electrons. The molecule has 4 heteroatoms. The second-order valence-corrected chi connectivity index (χ2v) is 5.16. The Hall–Kier alpha value is -1.53. The fraction of sp³-hybridized carbons (Fsp3) is 0.133. The zero-order chi connectivity index (χ0) is 14.0. The number of rotatable bonds is 2. The second-order valence-electron chi connectivity index (χ2n) is 4.29. The Bertz CT molecular complexity index is 662. The molecule has 1 atom stereocenters. The van der Waals surface area contributed by atoms with Gasteiger partial charge < -0.3 is 5.11 Å². The highest BCUT2D eigenvalue weighted by atomic mass is 35.5. The molecule has 0 bridgehead atoms. The van der Waals surface area contributed by atoms with Gasteiger partial charge in [-0.25, -0.2) is 0 Å². The van der Waals surface area contributed by atoms with Crippen LogP contribution in [0, 0.1) is 18.3 Å². The summed E-state index contributed by atoms with van der Waals surface area (Å²) in [6.45, 7) is 1.89. The zero-order valence-corrected chi connectivity index (χ0v) is 11.7. The van der Waals surface area contributed by atoms with Crippen LogP contribution in [0.2, 0.25) is 10.0 Å². The molecule has 2 aromatic rings. The summed E-state index contributed by atoms with van der Waals surface area (Å²) in [6.07, 6.45) is -0.857. The lowest BCUT2D eigenvalue weighted by molar-refractivity contribution is 0.219. The van der Waals surface area contributed by atoms with Crippen molar-refractivity contribution in [3.63, 3.8) is 0 Å². The maximum Gasteiger partial charge on any atom is 0.104 e. The van der Waals surface area contributed by atoms with E-state index in [0.29, 0.717) is 26.7 Å². The van der Waals surface area contributed by atoms with Gasteiger partial charge in [-0.3, -0.25) is 0 Å². The van der Waals surface area contributed by atoms with E-state index in [0.717, 1.165) is 5.56 Å². The van der Waals surface area contributed by atoms with Crippen molar-refractivity contribution in [2.75, 3.05) is 0 Å². The predicted octanol–water partition coefficient (Wildman–Crippen LogP) is 4.26. The molecule has 0 fully saturated rings. The number of aliphatic hydroxyl groups excluding tert-OH is 1. The molecule has 0 spiro atoms. The third-order valence-corrected chi connectivity index (χ3v) is 3.35. The largest absolute Gasteiger partial charge is 0.384 e. The van der Waals surface area contributed by atoms with Gasteiger partial charge in [0, 0.05) is 10.0 Å². The SMILES string of the molecule is Cc1ccc(Cl)cc1C(O)c1cc(Cl)cc(C#N)c1. The molecule has 19 heavy (non-hydrogen) atoms. The first-order chi connectivity index (χ1) is 9.01. The van der Waals surface area contributed by atoms with Crippen LogP contribution >= 0.6 is 23.2 Å². The number of benzene rings is 2. The van der Waals surface area contributed by atoms with Crippen molar-refractivity contribution in [1.82, 2.24) is 0 Å². The number of hydrogen-bond donors (Lipinski definition) is 1. The van der Waals surface area contributed by atoms with Gasteiger partial charge in [0.1, 0.15) is 6.10 Å². The maximum absolute atomic E-state index is 10.4. The summed E-state index contributed by atoms with van der Waals surface area (Å²) >= 11 is 11.9. The molecular weight excluding hydrogens is 281 g/mol. The minimum Gasteiger partial charge on any atom is -0.384 e. The van der Waals surface area contributed by atoms with Crippen LogP contribution in [0.3, 0.4) is 0 Å². The fourth-order valence-electron chi connectivity index (χ4n) is 1.92. The molecule has 2 rings (SSSR count). The molecule has 0 aliphatic rings. The third kappa shape index (κ3) is 3.08. The van der Waals surface area contributed by atoms with Crippen LogP contribution < -0.4 is 0 Å². The minimum absolute atomic E-state index is 0.418. The zero-order valence-electron chi connectivity index (χ0n) is 10.2. The molecule has 0 aliphatic heterocycles. The van der Waals surface area contributed by atoms with E-state index in [-0.39, 0.29) is 0 Å². The van der Waals surface area contributed by atoms with Gasteiger partial charge in [0.25, 0.3) is 0 Å². The number of aliphatic hydroxyl groups is 1. The number of halogens is 2. The predicted molar refractivity (Wildman–Crippen MR) is 76.4 cm³/mol. The van der Waals surface area contributed by atoms with Crippen molar-refractivity contribution in [3.05, 3.63) is 68.7 Å². The molecule has 0 aromatic heterocycles. The van der Waals surface area contributed by atoms with E-state index in [1.807, 2.05) is 19.1 Å². The highest BCUT2D eigenvalue weighted by Gasteiger charge is 2.15. The van der Waals surface area contributed by atoms with Crippen LogP contribution in [0.5, 0.6) is 0 Å². The third-order valence-electron chi connectivity index (χ3n) is 2.90. The van der Waals surface area contributed by atoms with Crippen LogP contribution in [0.15, 0.2) is 36.4 Å². The van der Waals surface area contributed by atoms with Crippen molar-refractivity contribution in [2.45, 2.75) is 13.0 Å². The molecule has 0 amide bonds. The van der Waals surface area contributed by atoms with Gasteiger partial charge in [0.2, 0.25) is 0 Å². The number of hydrogen-bond acceptors (Lipinski definition) is 2. The summed E-state index contributed by atoms with van der Waals surface area (Å²) < 4.78 is 0. The maximum atomic E-state index is 10.4. The molecule has 0 aliphatic carbocycles. The van der Waals surface area contributed by atoms with E-state index < -0.39 is 6.10 Å². The summed E-state index contributed by atoms with van der Waals surface area (Å²) in [7, 11) is 0. The fourth-order valence-corrected chi connectivity index (χ4v) is 2.34. The lowest BCUT2D eigenvalue weighted by atomic mass is 9.96. The molecule has 1 N–H and O–H groups in total. The van der Waals surface area contributed by atoms with Crippen LogP contribution in [-0.2, 0) is 0 Å². The van der Waals surface area contributed by atoms with E-state index in [4.69, 9.17) is 28.5 Å². The molecule has 0 radical (unpaired) electrons. The van der Waals surface area contributed by atoms with Crippen molar-refractivity contribution in [3.8, 4) is 6.07 Å². The van der Waals surface area contributed by atoms with E-state index in [1.54, 1.807) is 30.3 Å². The molecule has 2 nitrogen and oxygen atoms in total. The topological polar surface area (TPSA) is 44.0 Å². The molecule has 1 unspecified atom stereocenters. The van der Waals surface area contributed by atoms with Gasteiger partial charge in [-0.05, 0) is 53.9 Å². The number of nitriles is 1. The first-order valence-corrected chi connectivity index (χ1v) is 6.41.